The minimum absolute atomic E-state index is 0.182. The maximum Gasteiger partial charge on any atom is 0.361 e. The van der Waals surface area contributed by atoms with Crippen LogP contribution in [0.1, 0.15) is 258 Å². The van der Waals surface area contributed by atoms with Crippen molar-refractivity contribution in [1.29, 1.82) is 0 Å². The SMILES string of the molecule is CC/C=C\C/C=C\C/C=C\C/C=C\C/C=C\C/C=C\C/C=C\CCCCCCCCCCCCCC(=O)OC(COC(=O)CCCCCCCCCCC/C=C\C/C=C\CCCCCCC)COC(OCC[N+](C)(C)C)C(=O)O. The quantitative estimate of drug-likeness (QED) is 0.0211. The van der Waals surface area contributed by atoms with Crippen LogP contribution in [-0.4, -0.2) is 87.4 Å². The van der Waals surface area contributed by atoms with Crippen LogP contribution in [0, 0.1) is 0 Å². The molecule has 0 aliphatic heterocycles. The van der Waals surface area contributed by atoms with E-state index in [1.807, 2.05) is 21.1 Å². The third kappa shape index (κ3) is 61.4. The molecule has 0 rings (SSSR count). The highest BCUT2D eigenvalue weighted by molar-refractivity contribution is 5.71. The molecule has 2 atom stereocenters. The number of aliphatic carboxylic acids is 1. The van der Waals surface area contributed by atoms with Crippen molar-refractivity contribution in [3.8, 4) is 0 Å². The van der Waals surface area contributed by atoms with Gasteiger partial charge in [-0.25, -0.2) is 4.79 Å². The number of esters is 2. The molecular formula is C70H120NO8+. The Hall–Kier alpha value is -4.05. The van der Waals surface area contributed by atoms with Gasteiger partial charge in [-0.05, 0) is 103 Å². The fourth-order valence-corrected chi connectivity index (χ4v) is 8.61. The Balaban J connectivity index is 4.20. The van der Waals surface area contributed by atoms with Crippen molar-refractivity contribution in [3.63, 3.8) is 0 Å². The summed E-state index contributed by atoms with van der Waals surface area (Å²) in [5, 5.41) is 9.73. The zero-order chi connectivity index (χ0) is 57.6. The summed E-state index contributed by atoms with van der Waals surface area (Å²) in [5.74, 6) is -2.02. The summed E-state index contributed by atoms with van der Waals surface area (Å²) in [6, 6.07) is 0. The molecule has 0 aromatic heterocycles. The molecule has 0 radical (unpaired) electrons. The van der Waals surface area contributed by atoms with Gasteiger partial charge in [-0.15, -0.1) is 0 Å². The molecule has 0 fully saturated rings. The summed E-state index contributed by atoms with van der Waals surface area (Å²) in [7, 11) is 5.97. The van der Waals surface area contributed by atoms with E-state index in [0.29, 0.717) is 23.9 Å². The first-order valence-corrected chi connectivity index (χ1v) is 32.1. The standard InChI is InChI=1S/C70H119NO8/c1-6-8-10-12-14-16-18-20-22-24-26-28-29-30-31-32-33-34-35-36-37-38-39-41-43-45-47-49-51-53-55-57-59-61-68(73)79-66(65-78-70(69(74)75)76-63-62-71(3,4)5)64-77-67(72)60-58-56-54-52-50-48-46-44-42-40-27-25-23-21-19-17-15-13-11-9-7-2/h8,10,14,16,19-22,25-28,30-31,33-34,36-37,66,70H,6-7,9,11-13,15,17-18,23-24,29,32,35,38-65H2,1-5H3/p+1/b10-8-,16-14-,21-19-,22-20-,27-25-,28-26-,31-30-,34-33-,37-36-. The maximum atomic E-state index is 12.9. The van der Waals surface area contributed by atoms with Crippen molar-refractivity contribution < 1.29 is 42.9 Å². The molecule has 9 heteroatoms. The van der Waals surface area contributed by atoms with Gasteiger partial charge >= 0.3 is 17.9 Å². The summed E-state index contributed by atoms with van der Waals surface area (Å²) in [6.07, 6.45) is 80.3. The number of carboxylic acid groups (broad SMARTS) is 1. The van der Waals surface area contributed by atoms with E-state index < -0.39 is 24.3 Å². The van der Waals surface area contributed by atoms with Crippen molar-refractivity contribution in [1.82, 2.24) is 0 Å². The Morgan fingerprint density at radius 2 is 0.722 bits per heavy atom. The van der Waals surface area contributed by atoms with Crippen molar-refractivity contribution >= 4 is 17.9 Å². The van der Waals surface area contributed by atoms with Crippen LogP contribution in [0.15, 0.2) is 109 Å². The first kappa shape index (κ1) is 75.0. The highest BCUT2D eigenvalue weighted by Gasteiger charge is 2.25. The monoisotopic (exact) mass is 1100 g/mol. The number of ether oxygens (including phenoxy) is 4. The molecular weight excluding hydrogens is 983 g/mol. The number of carboxylic acids is 1. The number of hydrogen-bond acceptors (Lipinski definition) is 7. The van der Waals surface area contributed by atoms with Crippen molar-refractivity contribution in [2.75, 3.05) is 47.5 Å². The van der Waals surface area contributed by atoms with E-state index in [1.165, 1.54) is 128 Å². The zero-order valence-electron chi connectivity index (χ0n) is 51.5. The fraction of sp³-hybridized carbons (Fsp3) is 0.700. The first-order chi connectivity index (χ1) is 38.6. The number of carbonyl (C=O) groups is 3. The Morgan fingerprint density at radius 3 is 1.08 bits per heavy atom. The van der Waals surface area contributed by atoms with Crippen LogP contribution in [-0.2, 0) is 33.3 Å². The molecule has 0 aliphatic carbocycles. The van der Waals surface area contributed by atoms with Crippen LogP contribution in [0.4, 0.5) is 0 Å². The average molecular weight is 1100 g/mol. The molecule has 0 heterocycles. The molecule has 0 bridgehead atoms. The van der Waals surface area contributed by atoms with Gasteiger partial charge in [0.25, 0.3) is 6.29 Å². The second-order valence-electron chi connectivity index (χ2n) is 22.3. The van der Waals surface area contributed by atoms with Gasteiger partial charge in [0.15, 0.2) is 6.10 Å². The van der Waals surface area contributed by atoms with Gasteiger partial charge in [0.2, 0.25) is 0 Å². The van der Waals surface area contributed by atoms with Crippen LogP contribution in [0.25, 0.3) is 0 Å². The van der Waals surface area contributed by atoms with Gasteiger partial charge in [-0.2, -0.15) is 0 Å². The molecule has 0 aromatic rings. The number of likely N-dealkylation sites (N-methyl/N-ethyl adjacent to an activating group) is 1. The molecule has 0 saturated heterocycles. The highest BCUT2D eigenvalue weighted by Crippen LogP contribution is 2.16. The van der Waals surface area contributed by atoms with Crippen LogP contribution < -0.4 is 0 Å². The summed E-state index contributed by atoms with van der Waals surface area (Å²) < 4.78 is 22.9. The van der Waals surface area contributed by atoms with Crippen molar-refractivity contribution in [3.05, 3.63) is 109 Å². The predicted molar refractivity (Wildman–Crippen MR) is 336 cm³/mol. The summed E-state index contributed by atoms with van der Waals surface area (Å²) >= 11 is 0. The molecule has 79 heavy (non-hydrogen) atoms. The molecule has 0 aliphatic rings. The number of nitrogens with zero attached hydrogens (tertiary/aromatic N) is 1. The lowest BCUT2D eigenvalue weighted by Crippen LogP contribution is -2.40. The lowest BCUT2D eigenvalue weighted by molar-refractivity contribution is -0.870. The predicted octanol–water partition coefficient (Wildman–Crippen LogP) is 19.5. The number of unbranched alkanes of at least 4 members (excludes halogenated alkanes) is 25. The van der Waals surface area contributed by atoms with E-state index >= 15 is 0 Å². The normalized spacial score (nSPS) is 13.5. The number of allylic oxidation sites excluding steroid dienone is 18. The largest absolute Gasteiger partial charge is 0.477 e. The third-order valence-corrected chi connectivity index (χ3v) is 13.5. The van der Waals surface area contributed by atoms with Gasteiger partial charge in [-0.1, -0.05) is 252 Å². The van der Waals surface area contributed by atoms with E-state index in [2.05, 4.69) is 123 Å². The Labute approximate surface area is 485 Å². The molecule has 2 unspecified atom stereocenters. The molecule has 0 amide bonds. The third-order valence-electron chi connectivity index (χ3n) is 13.5. The van der Waals surface area contributed by atoms with E-state index in [-0.39, 0.29) is 32.2 Å². The van der Waals surface area contributed by atoms with Gasteiger partial charge in [0.1, 0.15) is 13.2 Å². The van der Waals surface area contributed by atoms with Gasteiger partial charge in [0, 0.05) is 12.8 Å². The van der Waals surface area contributed by atoms with E-state index in [9.17, 15) is 19.5 Å². The van der Waals surface area contributed by atoms with Gasteiger partial charge in [0.05, 0.1) is 34.4 Å². The number of hydrogen-bond donors (Lipinski definition) is 1. The second-order valence-corrected chi connectivity index (χ2v) is 22.3. The smallest absolute Gasteiger partial charge is 0.361 e. The maximum absolute atomic E-state index is 12.9. The minimum Gasteiger partial charge on any atom is -0.477 e. The molecule has 0 spiro atoms. The molecule has 1 N–H and O–H groups in total. The highest BCUT2D eigenvalue weighted by atomic mass is 16.7. The van der Waals surface area contributed by atoms with Crippen LogP contribution in [0.2, 0.25) is 0 Å². The first-order valence-electron chi connectivity index (χ1n) is 32.1. The van der Waals surface area contributed by atoms with E-state index in [0.717, 1.165) is 96.3 Å². The molecule has 452 valence electrons. The molecule has 0 saturated carbocycles. The van der Waals surface area contributed by atoms with E-state index in [1.54, 1.807) is 0 Å². The van der Waals surface area contributed by atoms with Crippen LogP contribution >= 0.6 is 0 Å². The molecule has 9 nitrogen and oxygen atoms in total. The van der Waals surface area contributed by atoms with Gasteiger partial charge in [-0.3, -0.25) is 9.59 Å². The zero-order valence-corrected chi connectivity index (χ0v) is 51.5. The average Bonchev–Trinajstić information content (AvgIpc) is 3.42. The Kier molecular flexibility index (Phi) is 57.0. The number of carbonyl (C=O) groups excluding carboxylic acids is 2. The summed E-state index contributed by atoms with van der Waals surface area (Å²) in [5.41, 5.74) is 0. The van der Waals surface area contributed by atoms with Crippen molar-refractivity contribution in [2.24, 2.45) is 0 Å². The molecule has 0 aromatic carbocycles. The summed E-state index contributed by atoms with van der Waals surface area (Å²) in [4.78, 5) is 37.5. The topological polar surface area (TPSA) is 108 Å². The second kappa shape index (κ2) is 60.1. The Bertz CT molecular complexity index is 1660. The van der Waals surface area contributed by atoms with Crippen LogP contribution in [0.5, 0.6) is 0 Å². The number of rotatable bonds is 58. The van der Waals surface area contributed by atoms with E-state index in [4.69, 9.17) is 18.9 Å². The number of quaternary nitrogens is 1. The van der Waals surface area contributed by atoms with Gasteiger partial charge < -0.3 is 28.5 Å². The lowest BCUT2D eigenvalue weighted by atomic mass is 10.0. The minimum atomic E-state index is -1.52. The van der Waals surface area contributed by atoms with Crippen molar-refractivity contribution in [2.45, 2.75) is 270 Å². The summed E-state index contributed by atoms with van der Waals surface area (Å²) in [6.45, 7) is 4.75. The lowest BCUT2D eigenvalue weighted by Gasteiger charge is -2.25. The van der Waals surface area contributed by atoms with Crippen LogP contribution in [0.3, 0.4) is 0 Å². The Morgan fingerprint density at radius 1 is 0.392 bits per heavy atom. The fourth-order valence-electron chi connectivity index (χ4n) is 8.61.